The minimum Gasteiger partial charge on any atom is -0.364 e. The lowest BCUT2D eigenvalue weighted by molar-refractivity contribution is -0.383. The van der Waals surface area contributed by atoms with Gasteiger partial charge in [-0.2, -0.15) is 0 Å². The van der Waals surface area contributed by atoms with E-state index in [-0.39, 0.29) is 17.3 Å². The fourth-order valence-corrected chi connectivity index (χ4v) is 1.32. The fourth-order valence-electron chi connectivity index (χ4n) is 1.32. The monoisotopic (exact) mass is 225 g/mol. The number of nitrogens with zero attached hydrogens (tertiary/aromatic N) is 3. The number of aromatic nitrogens is 2. The number of aryl methyl sites for hydroxylation is 1. The minimum absolute atomic E-state index is 0.102. The van der Waals surface area contributed by atoms with Gasteiger partial charge in [-0.3, -0.25) is 10.1 Å². The van der Waals surface area contributed by atoms with Gasteiger partial charge in [0.15, 0.2) is 0 Å². The molecule has 2 N–H and O–H groups in total. The molecule has 16 heavy (non-hydrogen) atoms. The third-order valence-corrected chi connectivity index (χ3v) is 1.87. The zero-order valence-corrected chi connectivity index (χ0v) is 9.57. The van der Waals surface area contributed by atoms with Gasteiger partial charge in [-0.05, 0) is 20.8 Å². The van der Waals surface area contributed by atoms with E-state index in [1.54, 1.807) is 6.92 Å². The van der Waals surface area contributed by atoms with Crippen molar-refractivity contribution in [3.8, 4) is 0 Å². The van der Waals surface area contributed by atoms with Crippen LogP contribution in [0.5, 0.6) is 0 Å². The second kappa shape index (κ2) is 5.24. The summed E-state index contributed by atoms with van der Waals surface area (Å²) in [6.07, 6.45) is 0. The summed E-state index contributed by atoms with van der Waals surface area (Å²) in [7, 11) is 0. The van der Waals surface area contributed by atoms with Crippen LogP contribution in [-0.2, 0) is 0 Å². The summed E-state index contributed by atoms with van der Waals surface area (Å²) in [5, 5.41) is 16.7. The Balaban J connectivity index is 3.29. The molecule has 0 saturated heterocycles. The zero-order chi connectivity index (χ0) is 12.1. The van der Waals surface area contributed by atoms with E-state index >= 15 is 0 Å². The molecule has 0 aliphatic carbocycles. The molecule has 0 saturated carbocycles. The van der Waals surface area contributed by atoms with Crippen molar-refractivity contribution in [1.29, 1.82) is 0 Å². The molecule has 0 aliphatic rings. The quantitative estimate of drug-likeness (QED) is 0.583. The van der Waals surface area contributed by atoms with Gasteiger partial charge in [-0.25, -0.2) is 9.97 Å². The van der Waals surface area contributed by atoms with Crippen LogP contribution < -0.4 is 10.6 Å². The molecule has 1 rings (SSSR count). The molecular formula is C9H15N5O2. The summed E-state index contributed by atoms with van der Waals surface area (Å²) in [5.74, 6) is 1.02. The topological polar surface area (TPSA) is 93.0 Å². The number of rotatable bonds is 5. The molecule has 0 bridgehead atoms. The highest BCUT2D eigenvalue weighted by molar-refractivity contribution is 5.69. The number of nitrogens with one attached hydrogen (secondary N) is 2. The van der Waals surface area contributed by atoms with E-state index in [9.17, 15) is 10.1 Å². The SMILES string of the molecule is CCNc1nc(C)nc(NCC)c1[N+](=O)[O-]. The van der Waals surface area contributed by atoms with Gasteiger partial charge >= 0.3 is 5.69 Å². The standard InChI is InChI=1S/C9H15N5O2/c1-4-10-8-7(14(15)16)9(11-5-2)13-6(3)12-8/h4-5H2,1-3H3,(H2,10,11,12,13). The maximum atomic E-state index is 10.9. The van der Waals surface area contributed by atoms with E-state index in [4.69, 9.17) is 0 Å². The van der Waals surface area contributed by atoms with Gasteiger partial charge in [-0.15, -0.1) is 0 Å². The summed E-state index contributed by atoms with van der Waals surface area (Å²) in [6.45, 7) is 6.55. The number of hydrogen-bond acceptors (Lipinski definition) is 6. The van der Waals surface area contributed by atoms with Gasteiger partial charge in [0.25, 0.3) is 0 Å². The van der Waals surface area contributed by atoms with Crippen LogP contribution in [-0.4, -0.2) is 28.0 Å². The molecule has 1 heterocycles. The highest BCUT2D eigenvalue weighted by atomic mass is 16.6. The third kappa shape index (κ3) is 2.56. The molecular weight excluding hydrogens is 210 g/mol. The fraction of sp³-hybridized carbons (Fsp3) is 0.556. The van der Waals surface area contributed by atoms with Crippen LogP contribution in [0.1, 0.15) is 19.7 Å². The Bertz CT molecular complexity index is 366. The van der Waals surface area contributed by atoms with Crippen molar-refractivity contribution in [2.75, 3.05) is 23.7 Å². The Hall–Kier alpha value is -1.92. The Labute approximate surface area is 93.4 Å². The Kier molecular flexibility index (Phi) is 3.98. The van der Waals surface area contributed by atoms with Crippen molar-refractivity contribution >= 4 is 17.3 Å². The smallest absolute Gasteiger partial charge is 0.353 e. The summed E-state index contributed by atoms with van der Waals surface area (Å²) >= 11 is 0. The molecule has 0 aromatic carbocycles. The predicted octanol–water partition coefficient (Wildman–Crippen LogP) is 1.56. The van der Waals surface area contributed by atoms with Crippen LogP contribution in [0.25, 0.3) is 0 Å². The largest absolute Gasteiger partial charge is 0.364 e. The van der Waals surface area contributed by atoms with Crippen molar-refractivity contribution < 1.29 is 4.92 Å². The molecule has 1 aromatic rings. The lowest BCUT2D eigenvalue weighted by Gasteiger charge is -2.09. The number of nitro groups is 1. The van der Waals surface area contributed by atoms with Crippen molar-refractivity contribution in [2.45, 2.75) is 20.8 Å². The van der Waals surface area contributed by atoms with Crippen molar-refractivity contribution in [3.05, 3.63) is 15.9 Å². The van der Waals surface area contributed by atoms with Crippen molar-refractivity contribution in [2.24, 2.45) is 0 Å². The third-order valence-electron chi connectivity index (χ3n) is 1.87. The first-order valence-electron chi connectivity index (χ1n) is 5.10. The van der Waals surface area contributed by atoms with Crippen LogP contribution >= 0.6 is 0 Å². The summed E-state index contributed by atoms with van der Waals surface area (Å²) in [5.41, 5.74) is -0.102. The predicted molar refractivity (Wildman–Crippen MR) is 61.8 cm³/mol. The molecule has 0 amide bonds. The van der Waals surface area contributed by atoms with Crippen LogP contribution in [0.3, 0.4) is 0 Å². The second-order valence-electron chi connectivity index (χ2n) is 3.13. The molecule has 7 nitrogen and oxygen atoms in total. The highest BCUT2D eigenvalue weighted by Crippen LogP contribution is 2.29. The molecule has 1 aromatic heterocycles. The van der Waals surface area contributed by atoms with Gasteiger partial charge < -0.3 is 10.6 Å². The van der Waals surface area contributed by atoms with E-state index in [0.29, 0.717) is 18.9 Å². The number of anilines is 2. The van der Waals surface area contributed by atoms with Crippen LogP contribution in [0.15, 0.2) is 0 Å². The molecule has 0 atom stereocenters. The van der Waals surface area contributed by atoms with Crippen molar-refractivity contribution in [1.82, 2.24) is 9.97 Å². The Morgan fingerprint density at radius 3 is 1.94 bits per heavy atom. The molecule has 0 radical (unpaired) electrons. The molecule has 0 spiro atoms. The van der Waals surface area contributed by atoms with E-state index in [0.717, 1.165) is 0 Å². The van der Waals surface area contributed by atoms with E-state index in [1.807, 2.05) is 13.8 Å². The first-order chi connectivity index (χ1) is 7.60. The first kappa shape index (κ1) is 12.2. The first-order valence-corrected chi connectivity index (χ1v) is 5.10. The van der Waals surface area contributed by atoms with Gasteiger partial charge in [0.1, 0.15) is 5.82 Å². The Morgan fingerprint density at radius 2 is 1.62 bits per heavy atom. The molecule has 0 unspecified atom stereocenters. The summed E-state index contributed by atoms with van der Waals surface area (Å²) in [4.78, 5) is 18.5. The molecule has 0 fully saturated rings. The van der Waals surface area contributed by atoms with E-state index in [2.05, 4.69) is 20.6 Å². The highest BCUT2D eigenvalue weighted by Gasteiger charge is 2.23. The Morgan fingerprint density at radius 1 is 1.19 bits per heavy atom. The molecule has 0 aliphatic heterocycles. The molecule has 7 heteroatoms. The van der Waals surface area contributed by atoms with Gasteiger partial charge in [0, 0.05) is 13.1 Å². The van der Waals surface area contributed by atoms with E-state index < -0.39 is 4.92 Å². The number of hydrogen-bond donors (Lipinski definition) is 2. The van der Waals surface area contributed by atoms with E-state index in [1.165, 1.54) is 0 Å². The van der Waals surface area contributed by atoms with Gasteiger partial charge in [-0.1, -0.05) is 0 Å². The average molecular weight is 225 g/mol. The normalized spacial score (nSPS) is 9.94. The maximum absolute atomic E-state index is 10.9. The van der Waals surface area contributed by atoms with Crippen LogP contribution in [0, 0.1) is 17.0 Å². The minimum atomic E-state index is -0.477. The van der Waals surface area contributed by atoms with Crippen molar-refractivity contribution in [3.63, 3.8) is 0 Å². The molecule has 88 valence electrons. The summed E-state index contributed by atoms with van der Waals surface area (Å²) < 4.78 is 0. The van der Waals surface area contributed by atoms with Crippen LogP contribution in [0.2, 0.25) is 0 Å². The average Bonchev–Trinajstić information content (AvgIpc) is 2.17. The zero-order valence-electron chi connectivity index (χ0n) is 9.57. The maximum Gasteiger partial charge on any atom is 0.353 e. The lowest BCUT2D eigenvalue weighted by atomic mass is 10.4. The summed E-state index contributed by atoms with van der Waals surface area (Å²) in [6, 6.07) is 0. The van der Waals surface area contributed by atoms with Crippen LogP contribution in [0.4, 0.5) is 17.3 Å². The van der Waals surface area contributed by atoms with Gasteiger partial charge in [0.05, 0.1) is 4.92 Å². The second-order valence-corrected chi connectivity index (χ2v) is 3.13. The lowest BCUT2D eigenvalue weighted by Crippen LogP contribution is -2.11. The van der Waals surface area contributed by atoms with Gasteiger partial charge in [0.2, 0.25) is 11.6 Å².